The lowest BCUT2D eigenvalue weighted by Gasteiger charge is -1.97. The summed E-state index contributed by atoms with van der Waals surface area (Å²) < 4.78 is 7.30. The Hall–Kier alpha value is -0.880. The number of esters is 1. The molecule has 0 amide bonds. The number of fused-ring (bicyclic) bond motifs is 1. The molecule has 0 aliphatic carbocycles. The molecular weight excluding hydrogens is 340 g/mol. The van der Waals surface area contributed by atoms with Crippen molar-refractivity contribution < 1.29 is 9.53 Å². The van der Waals surface area contributed by atoms with Crippen molar-refractivity contribution in [2.24, 2.45) is 0 Å². The van der Waals surface area contributed by atoms with Crippen LogP contribution in [0.3, 0.4) is 0 Å². The van der Waals surface area contributed by atoms with E-state index in [2.05, 4.69) is 20.9 Å². The van der Waals surface area contributed by atoms with Crippen molar-refractivity contribution in [1.82, 2.24) is 9.38 Å². The first kappa shape index (κ1) is 13.2. The molecule has 0 radical (unpaired) electrons. The van der Waals surface area contributed by atoms with Crippen LogP contribution in [0, 0.1) is 0 Å². The Bertz CT molecular complexity index is 510. The summed E-state index contributed by atoms with van der Waals surface area (Å²) in [7, 11) is 0. The van der Waals surface area contributed by atoms with Gasteiger partial charge in [-0.1, -0.05) is 6.07 Å². The third kappa shape index (κ3) is 2.27. The highest BCUT2D eigenvalue weighted by Gasteiger charge is 2.17. The van der Waals surface area contributed by atoms with Crippen LogP contribution in [0.25, 0.3) is 5.65 Å². The fraction of sp³-hybridized carbons (Fsp3) is 0.200. The van der Waals surface area contributed by atoms with Crippen molar-refractivity contribution in [3.63, 3.8) is 0 Å². The first-order valence-electron chi connectivity index (χ1n) is 4.53. The summed E-state index contributed by atoms with van der Waals surface area (Å²) >= 11 is 3.32. The lowest BCUT2D eigenvalue weighted by atomic mass is 10.5. The van der Waals surface area contributed by atoms with Crippen LogP contribution < -0.4 is 0 Å². The minimum Gasteiger partial charge on any atom is -0.461 e. The van der Waals surface area contributed by atoms with Gasteiger partial charge in [-0.2, -0.15) is 0 Å². The van der Waals surface area contributed by atoms with Crippen LogP contribution in [0.2, 0.25) is 0 Å². The van der Waals surface area contributed by atoms with Crippen LogP contribution in [0.15, 0.2) is 29.0 Å². The number of halogens is 2. The Morgan fingerprint density at radius 3 is 2.94 bits per heavy atom. The van der Waals surface area contributed by atoms with Crippen LogP contribution in [0.5, 0.6) is 0 Å². The van der Waals surface area contributed by atoms with Gasteiger partial charge < -0.3 is 4.74 Å². The van der Waals surface area contributed by atoms with Gasteiger partial charge in [0.2, 0.25) is 0 Å². The fourth-order valence-corrected chi connectivity index (χ4v) is 1.85. The standard InChI is InChI=1S/C10H9BrN2O2.BrH/c1-2-15-10(14)8-9(11)13-6-4-3-5-7(13)12-8;/h3-6H,2H2,1H3;1H. The van der Waals surface area contributed by atoms with Gasteiger partial charge >= 0.3 is 5.97 Å². The third-order valence-electron chi connectivity index (χ3n) is 1.94. The number of hydrogen-bond donors (Lipinski definition) is 0. The van der Waals surface area contributed by atoms with E-state index in [-0.39, 0.29) is 17.0 Å². The number of carbonyl (C=O) groups is 1. The van der Waals surface area contributed by atoms with Crippen LogP contribution >= 0.6 is 32.9 Å². The molecule has 0 aromatic carbocycles. The second kappa shape index (κ2) is 5.45. The van der Waals surface area contributed by atoms with Crippen molar-refractivity contribution in [2.45, 2.75) is 6.92 Å². The van der Waals surface area contributed by atoms with Crippen molar-refractivity contribution in [1.29, 1.82) is 0 Å². The van der Waals surface area contributed by atoms with Crippen molar-refractivity contribution in [3.05, 3.63) is 34.7 Å². The van der Waals surface area contributed by atoms with Gasteiger partial charge in [-0.25, -0.2) is 9.78 Å². The van der Waals surface area contributed by atoms with E-state index in [9.17, 15) is 4.79 Å². The molecule has 0 unspecified atom stereocenters. The Balaban J connectivity index is 0.00000128. The fourth-order valence-electron chi connectivity index (χ4n) is 1.30. The highest BCUT2D eigenvalue weighted by atomic mass is 79.9. The molecule has 0 N–H and O–H groups in total. The molecule has 2 aromatic rings. The predicted octanol–water partition coefficient (Wildman–Crippen LogP) is 2.85. The van der Waals surface area contributed by atoms with E-state index < -0.39 is 5.97 Å². The summed E-state index contributed by atoms with van der Waals surface area (Å²) in [6, 6.07) is 5.56. The Labute approximate surface area is 112 Å². The number of nitrogens with zero attached hydrogens (tertiary/aromatic N) is 2. The lowest BCUT2D eigenvalue weighted by molar-refractivity contribution is 0.0519. The third-order valence-corrected chi connectivity index (χ3v) is 2.70. The molecule has 0 saturated carbocycles. The zero-order valence-corrected chi connectivity index (χ0v) is 11.8. The zero-order chi connectivity index (χ0) is 10.8. The van der Waals surface area contributed by atoms with Gasteiger partial charge in [-0.05, 0) is 35.0 Å². The molecular formula is C10H10Br2N2O2. The number of rotatable bonds is 2. The highest BCUT2D eigenvalue weighted by molar-refractivity contribution is 9.10. The summed E-state index contributed by atoms with van der Waals surface area (Å²) in [5.41, 5.74) is 1.02. The highest BCUT2D eigenvalue weighted by Crippen LogP contribution is 2.19. The van der Waals surface area contributed by atoms with Gasteiger partial charge in [0.05, 0.1) is 6.61 Å². The molecule has 0 bridgehead atoms. The number of ether oxygens (including phenoxy) is 1. The van der Waals surface area contributed by atoms with Crippen molar-refractivity contribution in [3.8, 4) is 0 Å². The predicted molar refractivity (Wildman–Crippen MR) is 69.2 cm³/mol. The number of carbonyl (C=O) groups excluding carboxylic acids is 1. The number of aromatic nitrogens is 2. The minimum atomic E-state index is -0.409. The van der Waals surface area contributed by atoms with E-state index in [4.69, 9.17) is 4.74 Å². The molecule has 4 nitrogen and oxygen atoms in total. The maximum Gasteiger partial charge on any atom is 0.359 e. The molecule has 0 aliphatic heterocycles. The van der Waals surface area contributed by atoms with Gasteiger partial charge in [0.1, 0.15) is 10.3 Å². The van der Waals surface area contributed by atoms with Crippen LogP contribution in [-0.4, -0.2) is 22.0 Å². The van der Waals surface area contributed by atoms with E-state index >= 15 is 0 Å². The Kier molecular flexibility index (Phi) is 4.49. The smallest absolute Gasteiger partial charge is 0.359 e. The van der Waals surface area contributed by atoms with E-state index in [1.165, 1.54) is 0 Å². The molecule has 86 valence electrons. The van der Waals surface area contributed by atoms with E-state index in [1.807, 2.05) is 24.4 Å². The molecule has 6 heteroatoms. The first-order valence-corrected chi connectivity index (χ1v) is 5.33. The summed E-state index contributed by atoms with van der Waals surface area (Å²) in [5, 5.41) is 0. The molecule has 0 fully saturated rings. The average molecular weight is 350 g/mol. The lowest BCUT2D eigenvalue weighted by Crippen LogP contribution is -2.05. The second-order valence-electron chi connectivity index (χ2n) is 2.90. The van der Waals surface area contributed by atoms with Gasteiger partial charge in [0.25, 0.3) is 0 Å². The zero-order valence-electron chi connectivity index (χ0n) is 8.51. The molecule has 16 heavy (non-hydrogen) atoms. The first-order chi connectivity index (χ1) is 7.24. The molecule has 2 heterocycles. The molecule has 0 spiro atoms. The Morgan fingerprint density at radius 1 is 1.56 bits per heavy atom. The molecule has 2 rings (SSSR count). The number of pyridine rings is 1. The van der Waals surface area contributed by atoms with Gasteiger partial charge in [-0.15, -0.1) is 17.0 Å². The molecule has 2 aromatic heterocycles. The second-order valence-corrected chi connectivity index (χ2v) is 3.65. The summed E-state index contributed by atoms with van der Waals surface area (Å²) in [6.07, 6.45) is 1.83. The largest absolute Gasteiger partial charge is 0.461 e. The molecule has 0 saturated heterocycles. The van der Waals surface area contributed by atoms with Crippen LogP contribution in [0.4, 0.5) is 0 Å². The normalized spacial score (nSPS) is 9.88. The van der Waals surface area contributed by atoms with Gasteiger partial charge in [-0.3, -0.25) is 4.40 Å². The van der Waals surface area contributed by atoms with Crippen molar-refractivity contribution in [2.75, 3.05) is 6.61 Å². The number of hydrogen-bond acceptors (Lipinski definition) is 3. The quantitative estimate of drug-likeness (QED) is 0.783. The van der Waals surface area contributed by atoms with Gasteiger partial charge in [0, 0.05) is 6.20 Å². The van der Waals surface area contributed by atoms with E-state index in [0.29, 0.717) is 22.6 Å². The summed E-state index contributed by atoms with van der Waals surface area (Å²) in [4.78, 5) is 15.7. The minimum absolute atomic E-state index is 0. The van der Waals surface area contributed by atoms with Crippen LogP contribution in [-0.2, 0) is 4.74 Å². The molecule has 0 aliphatic rings. The van der Waals surface area contributed by atoms with Crippen molar-refractivity contribution >= 4 is 44.5 Å². The van der Waals surface area contributed by atoms with Gasteiger partial charge in [0.15, 0.2) is 5.69 Å². The topological polar surface area (TPSA) is 43.6 Å². The monoisotopic (exact) mass is 348 g/mol. The summed E-state index contributed by atoms with van der Waals surface area (Å²) in [6.45, 7) is 2.11. The average Bonchev–Trinajstić information content (AvgIpc) is 2.57. The SMILES string of the molecule is Br.CCOC(=O)c1nc2ccccn2c1Br. The Morgan fingerprint density at radius 2 is 2.31 bits per heavy atom. The molecule has 0 atom stereocenters. The number of imidazole rings is 1. The maximum absolute atomic E-state index is 11.5. The van der Waals surface area contributed by atoms with E-state index in [1.54, 1.807) is 11.3 Å². The van der Waals surface area contributed by atoms with E-state index in [0.717, 1.165) is 0 Å². The van der Waals surface area contributed by atoms with Crippen LogP contribution in [0.1, 0.15) is 17.4 Å². The summed E-state index contributed by atoms with van der Waals surface area (Å²) in [5.74, 6) is -0.409. The maximum atomic E-state index is 11.5.